The van der Waals surface area contributed by atoms with Gasteiger partial charge >= 0.3 is 76.4 Å². The number of hydrogen-bond donors (Lipinski definition) is 4. The van der Waals surface area contributed by atoms with Gasteiger partial charge in [-0.2, -0.15) is 77.2 Å². The average Bonchev–Trinajstić information content (AvgIpc) is 3.34. The fraction of sp³-hybridized carbons (Fsp3) is 0.163. The molecule has 0 aliphatic carbocycles. The first kappa shape index (κ1) is 73.8. The first-order chi connectivity index (χ1) is 37.7. The van der Waals surface area contributed by atoms with Crippen LogP contribution >= 0.6 is 0 Å². The Hall–Kier alpha value is -8.19. The van der Waals surface area contributed by atoms with Crippen molar-refractivity contribution in [3.63, 3.8) is 0 Å². The van der Waals surface area contributed by atoms with E-state index in [4.69, 9.17) is 22.9 Å². The van der Waals surface area contributed by atoms with E-state index in [2.05, 4.69) is 44.7 Å². The number of nitro groups is 1. The second-order valence-electron chi connectivity index (χ2n) is 15.5. The summed E-state index contributed by atoms with van der Waals surface area (Å²) in [6.07, 6.45) is 0. The lowest BCUT2D eigenvalue weighted by atomic mass is 10.3. The number of benzene rings is 4. The van der Waals surface area contributed by atoms with Gasteiger partial charge in [0, 0.05) is 28.4 Å². The van der Waals surface area contributed by atoms with Gasteiger partial charge in [0.25, 0.3) is 20.2 Å². The fourth-order valence-electron chi connectivity index (χ4n) is 4.46. The van der Waals surface area contributed by atoms with Gasteiger partial charge in [0.1, 0.15) is 22.1 Å². The highest BCUT2D eigenvalue weighted by molar-refractivity contribution is 7.89. The number of nitrogens with zero attached hydrogens (tertiary/aromatic N) is 1. The van der Waals surface area contributed by atoms with Gasteiger partial charge in [0.2, 0.25) is 23.1 Å². The second kappa shape index (κ2) is 27.5. The molecular formula is C43H35F10NO25S5. The molecule has 0 saturated heterocycles. The van der Waals surface area contributed by atoms with E-state index in [1.807, 2.05) is 0 Å². The van der Waals surface area contributed by atoms with Crippen LogP contribution in [0.5, 0.6) is 28.7 Å². The summed E-state index contributed by atoms with van der Waals surface area (Å²) >= 11 is 0. The van der Waals surface area contributed by atoms with Crippen LogP contribution < -0.4 is 23.1 Å². The largest absolute Gasteiger partial charge is 0.450 e. The number of ether oxygens (including phenoxy) is 4. The lowest BCUT2D eigenvalue weighted by Gasteiger charge is -2.29. The molecule has 462 valence electrons. The van der Waals surface area contributed by atoms with Crippen LogP contribution in [0.3, 0.4) is 0 Å². The maximum Gasteiger partial charge on any atom is 0.450 e. The number of carbonyl (C=O) groups excluding carboxylic acids is 4. The topological polar surface area (TPSA) is 409 Å². The van der Waals surface area contributed by atoms with Gasteiger partial charge in [-0.25, -0.2) is 28.0 Å². The molecule has 4 aromatic rings. The third-order valence-corrected chi connectivity index (χ3v) is 13.4. The minimum Gasteiger partial charge on any atom is -0.423 e. The van der Waals surface area contributed by atoms with Crippen LogP contribution in [0.2, 0.25) is 0 Å². The number of carbonyl (C=O) groups is 4. The van der Waals surface area contributed by atoms with E-state index < -0.39 is 152 Å². The molecule has 4 aromatic carbocycles. The smallest absolute Gasteiger partial charge is 0.423 e. The van der Waals surface area contributed by atoms with Crippen molar-refractivity contribution in [2.75, 3.05) is 0 Å². The van der Waals surface area contributed by atoms with E-state index >= 15 is 0 Å². The van der Waals surface area contributed by atoms with Gasteiger partial charge in [0.15, 0.2) is 16.5 Å². The Morgan fingerprint density at radius 1 is 0.488 bits per heavy atom. The van der Waals surface area contributed by atoms with E-state index in [0.717, 1.165) is 43.3 Å². The van der Waals surface area contributed by atoms with Gasteiger partial charge in [-0.1, -0.05) is 26.3 Å². The Bertz CT molecular complexity index is 3890. The summed E-state index contributed by atoms with van der Waals surface area (Å²) in [5, 5.41) is -2.91. The Balaban J connectivity index is 0.000000574. The number of rotatable bonds is 18. The number of nitro benzene ring substituents is 1. The van der Waals surface area contributed by atoms with E-state index in [-0.39, 0.29) is 38.7 Å². The van der Waals surface area contributed by atoms with Crippen molar-refractivity contribution in [1.29, 1.82) is 0 Å². The molecule has 0 radical (unpaired) electrons. The maximum absolute atomic E-state index is 13.6. The van der Waals surface area contributed by atoms with Crippen molar-refractivity contribution in [2.24, 2.45) is 0 Å². The Kier molecular flexibility index (Phi) is 24.1. The van der Waals surface area contributed by atoms with Crippen LogP contribution in [-0.2, 0) is 69.8 Å². The van der Waals surface area contributed by atoms with E-state index in [1.54, 1.807) is 0 Å². The molecule has 0 aliphatic rings. The summed E-state index contributed by atoms with van der Waals surface area (Å²) in [5.74, 6) is -23.8. The highest BCUT2D eigenvalue weighted by atomic mass is 32.2. The quantitative estimate of drug-likeness (QED) is 0.00873. The average molecular weight is 1320 g/mol. The molecule has 0 saturated carbocycles. The molecule has 0 spiro atoms. The number of hydrogen-bond acceptors (Lipinski definition) is 21. The molecule has 0 heterocycles. The van der Waals surface area contributed by atoms with Crippen molar-refractivity contribution in [3.05, 3.63) is 149 Å². The van der Waals surface area contributed by atoms with E-state index in [1.165, 1.54) is 32.9 Å². The summed E-state index contributed by atoms with van der Waals surface area (Å²) in [6.45, 7) is 18.2. The van der Waals surface area contributed by atoms with E-state index in [9.17, 15) is 115 Å². The van der Waals surface area contributed by atoms with Crippen molar-refractivity contribution in [3.8, 4) is 28.7 Å². The molecule has 0 amide bonds. The molecule has 84 heavy (non-hydrogen) atoms. The summed E-state index contributed by atoms with van der Waals surface area (Å²) in [6, 6.07) is 9.80. The molecule has 4 rings (SSSR count). The fourth-order valence-corrected chi connectivity index (χ4v) is 7.50. The second-order valence-corrected chi connectivity index (χ2v) is 22.7. The van der Waals surface area contributed by atoms with Gasteiger partial charge in [-0.3, -0.25) is 28.3 Å². The molecule has 0 aromatic heterocycles. The summed E-state index contributed by atoms with van der Waals surface area (Å²) in [5.41, 5.74) is -0.880. The van der Waals surface area contributed by atoms with Crippen molar-refractivity contribution in [1.82, 2.24) is 0 Å². The highest BCUT2D eigenvalue weighted by Crippen LogP contribution is 2.51. The SMILES string of the molecule is C=C(C)C(=O)Oc1c(F)c(F)c(S(=O)(=O)O)c(F)c1F.C=C(C)C(=O)Oc1ccc(OS(=O)(=O)C(F)(F)C(F)(F)C(F)(F)S(=O)(=O)O)cc1.C=C(C)C(=O)Oc1ccc(S(=O)(=O)O)cc1.C=C(C)C(=O)Oc1ccc(S(=O)(=O)O)cc1[N+](=O)[O-]. The minimum absolute atomic E-state index is 0.0214. The number of halogens is 10. The highest BCUT2D eigenvalue weighted by Gasteiger charge is 2.83. The summed E-state index contributed by atoms with van der Waals surface area (Å²) < 4.78 is 297. The zero-order valence-corrected chi connectivity index (χ0v) is 45.9. The first-order valence-corrected chi connectivity index (χ1v) is 27.7. The van der Waals surface area contributed by atoms with E-state index in [0.29, 0.717) is 18.2 Å². The molecule has 26 nitrogen and oxygen atoms in total. The van der Waals surface area contributed by atoms with Gasteiger partial charge in [-0.05, 0) is 88.4 Å². The zero-order chi connectivity index (χ0) is 66.0. The third-order valence-electron chi connectivity index (χ3n) is 8.60. The lowest BCUT2D eigenvalue weighted by Crippen LogP contribution is -2.61. The Labute approximate surface area is 466 Å². The molecular weight excluding hydrogens is 1280 g/mol. The summed E-state index contributed by atoms with van der Waals surface area (Å²) in [7, 11) is -28.4. The first-order valence-electron chi connectivity index (χ1n) is 20.5. The van der Waals surface area contributed by atoms with Crippen LogP contribution in [0.4, 0.5) is 49.6 Å². The molecule has 0 atom stereocenters. The Morgan fingerprint density at radius 2 is 0.821 bits per heavy atom. The monoisotopic (exact) mass is 1310 g/mol. The van der Waals surface area contributed by atoms with Crippen LogP contribution in [0, 0.1) is 33.4 Å². The van der Waals surface area contributed by atoms with Crippen LogP contribution in [0.15, 0.2) is 130 Å². The molecule has 4 N–H and O–H groups in total. The number of esters is 4. The predicted molar refractivity (Wildman–Crippen MR) is 259 cm³/mol. The standard InChI is InChI=1S/C13H10F6O8S2.C10H6F4O5S.C10H9NO7S.C10H10O5S/c1-7(2)10(20)26-8-3-5-9(6-4-8)27-29(24,25)13(18,19)11(14,15)12(16,17)28(21,22)23;1-3(2)10(15)19-8-4(11)6(13)9(20(16,17)18)7(14)5(8)12;1-6(2)10(12)18-9-4-3-7(19(15,16)17)5-8(9)11(13)14;1-7(2)10(11)15-8-3-5-9(6-4-8)16(12,13)14/h3-6H,1H2,2H3,(H,21,22,23);1H2,2H3,(H,16,17,18);3-5H,1H2,2H3,(H,15,16,17);3-6H,1H2,2H3,(H,12,13,14). The predicted octanol–water partition coefficient (Wildman–Crippen LogP) is 7.29. The van der Waals surface area contributed by atoms with Crippen LogP contribution in [0.1, 0.15) is 27.7 Å². The molecule has 0 aliphatic heterocycles. The van der Waals surface area contributed by atoms with Crippen LogP contribution in [0.25, 0.3) is 0 Å². The molecule has 0 fully saturated rings. The molecule has 0 bridgehead atoms. The Morgan fingerprint density at radius 3 is 1.15 bits per heavy atom. The van der Waals surface area contributed by atoms with Gasteiger partial charge in [0.05, 0.1) is 9.82 Å². The minimum atomic E-state index is -7.14. The zero-order valence-electron chi connectivity index (χ0n) is 41.8. The summed E-state index contributed by atoms with van der Waals surface area (Å²) in [4.78, 5) is 51.4. The van der Waals surface area contributed by atoms with Crippen molar-refractivity contribution in [2.45, 2.75) is 58.8 Å². The van der Waals surface area contributed by atoms with Crippen molar-refractivity contribution >= 4 is 80.2 Å². The molecule has 41 heteroatoms. The van der Waals surface area contributed by atoms with Gasteiger partial charge in [-0.15, -0.1) is 0 Å². The van der Waals surface area contributed by atoms with Gasteiger partial charge < -0.3 is 23.1 Å². The number of alkyl halides is 6. The van der Waals surface area contributed by atoms with Crippen LogP contribution in [-0.4, -0.2) is 106 Å². The maximum atomic E-state index is 13.6. The lowest BCUT2D eigenvalue weighted by molar-refractivity contribution is -0.385. The normalized spacial score (nSPS) is 11.9. The third kappa shape index (κ3) is 18.9. The molecule has 0 unspecified atom stereocenters. The van der Waals surface area contributed by atoms with Crippen molar-refractivity contribution < 1.29 is 151 Å².